The number of likely N-dealkylation sites (tertiary alicyclic amines) is 1. The number of nitrogens with one attached hydrogen (secondary N) is 1. The van der Waals surface area contributed by atoms with Crippen LogP contribution in [-0.4, -0.2) is 50.1 Å². The molecule has 1 saturated heterocycles. The molecule has 0 radical (unpaired) electrons. The molecule has 1 aliphatic heterocycles. The summed E-state index contributed by atoms with van der Waals surface area (Å²) < 4.78 is 10.4. The molecular formula is C16H22N2O4. The van der Waals surface area contributed by atoms with Crippen LogP contribution in [0.4, 0.5) is 0 Å². The number of carbonyl (C=O) groups excluding carboxylic acids is 2. The molecule has 6 heteroatoms. The van der Waals surface area contributed by atoms with Gasteiger partial charge in [-0.15, -0.1) is 0 Å². The molecule has 2 rings (SSSR count). The smallest absolute Gasteiger partial charge is 0.257 e. The standard InChI is InChI=1S/C16H22N2O4/c1-21-13-5-7-14(8-6-13)22-12-15(19)17-9-3-11-18-10-2-4-16(18)20/h5-8H,2-4,9-12H2,1H3,(H,17,19). The third-order valence-electron chi connectivity index (χ3n) is 3.53. The lowest BCUT2D eigenvalue weighted by Crippen LogP contribution is -2.33. The first-order chi connectivity index (χ1) is 10.7. The van der Waals surface area contributed by atoms with Crippen LogP contribution in [0.1, 0.15) is 19.3 Å². The second-order valence-corrected chi connectivity index (χ2v) is 5.15. The van der Waals surface area contributed by atoms with E-state index in [1.165, 1.54) is 0 Å². The van der Waals surface area contributed by atoms with Crippen LogP contribution in [0, 0.1) is 0 Å². The van der Waals surface area contributed by atoms with E-state index in [4.69, 9.17) is 9.47 Å². The van der Waals surface area contributed by atoms with Crippen molar-refractivity contribution in [1.29, 1.82) is 0 Å². The molecule has 6 nitrogen and oxygen atoms in total. The van der Waals surface area contributed by atoms with E-state index in [1.807, 2.05) is 4.90 Å². The fourth-order valence-corrected chi connectivity index (χ4v) is 2.31. The number of methoxy groups -OCH3 is 1. The van der Waals surface area contributed by atoms with Gasteiger partial charge in [0.15, 0.2) is 6.61 Å². The molecule has 0 spiro atoms. The Hall–Kier alpha value is -2.24. The van der Waals surface area contributed by atoms with Crippen LogP contribution in [-0.2, 0) is 9.59 Å². The van der Waals surface area contributed by atoms with Gasteiger partial charge in [-0.2, -0.15) is 0 Å². The van der Waals surface area contributed by atoms with Crippen molar-refractivity contribution in [3.63, 3.8) is 0 Å². The largest absolute Gasteiger partial charge is 0.497 e. The van der Waals surface area contributed by atoms with Gasteiger partial charge in [0.1, 0.15) is 11.5 Å². The minimum Gasteiger partial charge on any atom is -0.497 e. The van der Waals surface area contributed by atoms with Gasteiger partial charge < -0.3 is 19.7 Å². The van der Waals surface area contributed by atoms with Gasteiger partial charge >= 0.3 is 0 Å². The average Bonchev–Trinajstić information content (AvgIpc) is 2.95. The van der Waals surface area contributed by atoms with E-state index >= 15 is 0 Å². The third-order valence-corrected chi connectivity index (χ3v) is 3.53. The molecule has 22 heavy (non-hydrogen) atoms. The number of nitrogens with zero attached hydrogens (tertiary/aromatic N) is 1. The highest BCUT2D eigenvalue weighted by atomic mass is 16.5. The van der Waals surface area contributed by atoms with Crippen molar-refractivity contribution in [3.05, 3.63) is 24.3 Å². The Morgan fingerprint density at radius 2 is 2.00 bits per heavy atom. The fourth-order valence-electron chi connectivity index (χ4n) is 2.31. The van der Waals surface area contributed by atoms with Gasteiger partial charge in [-0.1, -0.05) is 0 Å². The number of benzene rings is 1. The minimum atomic E-state index is -0.163. The van der Waals surface area contributed by atoms with Crippen molar-refractivity contribution in [2.24, 2.45) is 0 Å². The zero-order chi connectivity index (χ0) is 15.8. The summed E-state index contributed by atoms with van der Waals surface area (Å²) in [6.07, 6.45) is 2.36. The summed E-state index contributed by atoms with van der Waals surface area (Å²) >= 11 is 0. The lowest BCUT2D eigenvalue weighted by atomic mass is 10.3. The highest BCUT2D eigenvalue weighted by Crippen LogP contribution is 2.16. The molecule has 1 fully saturated rings. The maximum atomic E-state index is 11.7. The first-order valence-corrected chi connectivity index (χ1v) is 7.50. The van der Waals surface area contributed by atoms with E-state index in [9.17, 15) is 9.59 Å². The Labute approximate surface area is 130 Å². The van der Waals surface area contributed by atoms with Crippen LogP contribution in [0.2, 0.25) is 0 Å². The van der Waals surface area contributed by atoms with Crippen LogP contribution in [0.3, 0.4) is 0 Å². The van der Waals surface area contributed by atoms with Crippen molar-refractivity contribution in [1.82, 2.24) is 10.2 Å². The van der Waals surface area contributed by atoms with Gasteiger partial charge in [0, 0.05) is 26.1 Å². The van der Waals surface area contributed by atoms with Crippen LogP contribution in [0.5, 0.6) is 11.5 Å². The second-order valence-electron chi connectivity index (χ2n) is 5.15. The van der Waals surface area contributed by atoms with E-state index in [2.05, 4.69) is 5.32 Å². The summed E-state index contributed by atoms with van der Waals surface area (Å²) in [5.41, 5.74) is 0. The third kappa shape index (κ3) is 4.95. The average molecular weight is 306 g/mol. The van der Waals surface area contributed by atoms with E-state index < -0.39 is 0 Å². The number of hydrogen-bond donors (Lipinski definition) is 1. The van der Waals surface area contributed by atoms with Gasteiger partial charge in [0.25, 0.3) is 5.91 Å². The van der Waals surface area contributed by atoms with Gasteiger partial charge in [-0.25, -0.2) is 0 Å². The van der Waals surface area contributed by atoms with Crippen LogP contribution < -0.4 is 14.8 Å². The van der Waals surface area contributed by atoms with Crippen LogP contribution >= 0.6 is 0 Å². The first-order valence-electron chi connectivity index (χ1n) is 7.50. The summed E-state index contributed by atoms with van der Waals surface area (Å²) in [6.45, 7) is 2.08. The molecule has 0 aliphatic carbocycles. The number of rotatable bonds is 8. The minimum absolute atomic E-state index is 0.0189. The van der Waals surface area contributed by atoms with Gasteiger partial charge in [-0.3, -0.25) is 9.59 Å². The van der Waals surface area contributed by atoms with Crippen molar-refractivity contribution >= 4 is 11.8 Å². The molecule has 0 aromatic heterocycles. The normalized spacial score (nSPS) is 14.0. The number of amides is 2. The molecule has 1 aromatic rings. The summed E-state index contributed by atoms with van der Waals surface area (Å²) in [5, 5.41) is 2.79. The van der Waals surface area contributed by atoms with Crippen molar-refractivity contribution in [2.45, 2.75) is 19.3 Å². The van der Waals surface area contributed by atoms with Crippen molar-refractivity contribution < 1.29 is 19.1 Å². The summed E-state index contributed by atoms with van der Waals surface area (Å²) in [7, 11) is 1.60. The quantitative estimate of drug-likeness (QED) is 0.733. The predicted octanol–water partition coefficient (Wildman–Crippen LogP) is 1.20. The van der Waals surface area contributed by atoms with E-state index in [-0.39, 0.29) is 18.4 Å². The Morgan fingerprint density at radius 3 is 2.64 bits per heavy atom. The Bertz CT molecular complexity index is 501. The fraction of sp³-hybridized carbons (Fsp3) is 0.500. The van der Waals surface area contributed by atoms with Crippen LogP contribution in [0.15, 0.2) is 24.3 Å². The zero-order valence-electron chi connectivity index (χ0n) is 12.8. The van der Waals surface area contributed by atoms with E-state index in [1.54, 1.807) is 31.4 Å². The maximum absolute atomic E-state index is 11.7. The topological polar surface area (TPSA) is 67.9 Å². The van der Waals surface area contributed by atoms with E-state index in [0.717, 1.165) is 25.1 Å². The molecule has 1 heterocycles. The monoisotopic (exact) mass is 306 g/mol. The lowest BCUT2D eigenvalue weighted by Gasteiger charge is -2.15. The zero-order valence-corrected chi connectivity index (χ0v) is 12.8. The molecule has 1 N–H and O–H groups in total. The Balaban J connectivity index is 1.58. The molecule has 120 valence electrons. The Morgan fingerprint density at radius 1 is 1.27 bits per heavy atom. The highest BCUT2D eigenvalue weighted by molar-refractivity contribution is 5.78. The highest BCUT2D eigenvalue weighted by Gasteiger charge is 2.18. The van der Waals surface area contributed by atoms with Crippen molar-refractivity contribution in [2.75, 3.05) is 33.4 Å². The maximum Gasteiger partial charge on any atom is 0.257 e. The Kier molecular flexibility index (Phi) is 6.06. The van der Waals surface area contributed by atoms with Crippen LogP contribution in [0.25, 0.3) is 0 Å². The summed E-state index contributed by atoms with van der Waals surface area (Å²) in [6, 6.07) is 7.07. The van der Waals surface area contributed by atoms with E-state index in [0.29, 0.717) is 25.3 Å². The molecule has 0 unspecified atom stereocenters. The van der Waals surface area contributed by atoms with Gasteiger partial charge in [-0.05, 0) is 37.1 Å². The summed E-state index contributed by atoms with van der Waals surface area (Å²) in [4.78, 5) is 24.9. The molecular weight excluding hydrogens is 284 g/mol. The SMILES string of the molecule is COc1ccc(OCC(=O)NCCCN2CCCC2=O)cc1. The first kappa shape index (κ1) is 16.1. The number of hydrogen-bond acceptors (Lipinski definition) is 4. The molecule has 1 aromatic carbocycles. The van der Waals surface area contributed by atoms with Crippen molar-refractivity contribution in [3.8, 4) is 11.5 Å². The molecule has 0 bridgehead atoms. The molecule has 0 saturated carbocycles. The number of ether oxygens (including phenoxy) is 2. The number of carbonyl (C=O) groups is 2. The van der Waals surface area contributed by atoms with Gasteiger partial charge in [0.2, 0.25) is 5.91 Å². The van der Waals surface area contributed by atoms with Gasteiger partial charge in [0.05, 0.1) is 7.11 Å². The summed E-state index contributed by atoms with van der Waals surface area (Å²) in [5.74, 6) is 1.42. The molecule has 2 amide bonds. The predicted molar refractivity (Wildman–Crippen MR) is 81.9 cm³/mol. The lowest BCUT2D eigenvalue weighted by molar-refractivity contribution is -0.127. The molecule has 1 aliphatic rings. The second kappa shape index (κ2) is 8.26. The molecule has 0 atom stereocenters.